The number of carbonyl (C=O) groups is 1. The second-order valence-electron chi connectivity index (χ2n) is 7.10. The molecule has 1 fully saturated rings. The van der Waals surface area contributed by atoms with Gasteiger partial charge in [0.25, 0.3) is 5.91 Å². The fourth-order valence-corrected chi connectivity index (χ4v) is 4.03. The van der Waals surface area contributed by atoms with E-state index in [9.17, 15) is 4.79 Å². The van der Waals surface area contributed by atoms with Gasteiger partial charge in [0, 0.05) is 37.2 Å². The van der Waals surface area contributed by atoms with Gasteiger partial charge in [-0.1, -0.05) is 13.8 Å². The molecule has 126 valence electrons. The maximum atomic E-state index is 13.2. The number of fused-ring (bicyclic) bond motifs is 3. The minimum absolute atomic E-state index is 0.116. The zero-order valence-electron chi connectivity index (χ0n) is 14.3. The number of nitrogens with zero attached hydrogens (tertiary/aromatic N) is 3. The topological polar surface area (TPSA) is 52.2 Å². The number of nitrogens with one attached hydrogen (secondary N) is 1. The SMILES string of the molecule is CC(C)c1[nH]ccc1C(=O)N1Cc2ncccc2N2CCC[C@H]2C1. The van der Waals surface area contributed by atoms with E-state index < -0.39 is 0 Å². The van der Waals surface area contributed by atoms with Crippen LogP contribution in [0.2, 0.25) is 0 Å². The van der Waals surface area contributed by atoms with Crippen LogP contribution in [-0.4, -0.2) is 39.9 Å². The van der Waals surface area contributed by atoms with Crippen LogP contribution in [0, 0.1) is 0 Å². The molecule has 0 spiro atoms. The molecule has 0 aliphatic carbocycles. The quantitative estimate of drug-likeness (QED) is 0.923. The van der Waals surface area contributed by atoms with Crippen LogP contribution in [0.1, 0.15) is 54.4 Å². The highest BCUT2D eigenvalue weighted by Crippen LogP contribution is 2.33. The average molecular weight is 324 g/mol. The number of hydrogen-bond acceptors (Lipinski definition) is 3. The number of anilines is 1. The fourth-order valence-electron chi connectivity index (χ4n) is 4.03. The van der Waals surface area contributed by atoms with Crippen molar-refractivity contribution in [1.82, 2.24) is 14.9 Å². The van der Waals surface area contributed by atoms with Crippen LogP contribution in [0.3, 0.4) is 0 Å². The first-order valence-corrected chi connectivity index (χ1v) is 8.82. The molecule has 5 nitrogen and oxygen atoms in total. The summed E-state index contributed by atoms with van der Waals surface area (Å²) < 4.78 is 0. The summed E-state index contributed by atoms with van der Waals surface area (Å²) in [7, 11) is 0. The molecule has 2 aliphatic rings. The van der Waals surface area contributed by atoms with Gasteiger partial charge in [-0.15, -0.1) is 0 Å². The van der Waals surface area contributed by atoms with Crippen LogP contribution < -0.4 is 4.90 Å². The summed E-state index contributed by atoms with van der Waals surface area (Å²) in [6, 6.07) is 6.45. The number of H-pyrrole nitrogens is 1. The van der Waals surface area contributed by atoms with Crippen molar-refractivity contribution in [3.05, 3.63) is 47.5 Å². The van der Waals surface area contributed by atoms with Gasteiger partial charge < -0.3 is 14.8 Å². The minimum atomic E-state index is 0.116. The van der Waals surface area contributed by atoms with E-state index in [0.29, 0.717) is 18.5 Å². The lowest BCUT2D eigenvalue weighted by Gasteiger charge is -2.27. The third-order valence-electron chi connectivity index (χ3n) is 5.20. The van der Waals surface area contributed by atoms with Crippen LogP contribution in [0.4, 0.5) is 5.69 Å². The first-order chi connectivity index (χ1) is 11.6. The van der Waals surface area contributed by atoms with Gasteiger partial charge in [-0.2, -0.15) is 0 Å². The van der Waals surface area contributed by atoms with E-state index in [-0.39, 0.29) is 5.91 Å². The molecule has 2 aromatic rings. The Morgan fingerprint density at radius 1 is 1.38 bits per heavy atom. The molecule has 1 N–H and O–H groups in total. The fraction of sp³-hybridized carbons (Fsp3) is 0.474. The highest BCUT2D eigenvalue weighted by Gasteiger charge is 2.34. The van der Waals surface area contributed by atoms with Gasteiger partial charge in [-0.3, -0.25) is 9.78 Å². The minimum Gasteiger partial charge on any atom is -0.365 e. The van der Waals surface area contributed by atoms with E-state index in [1.165, 1.54) is 12.1 Å². The van der Waals surface area contributed by atoms with Crippen LogP contribution in [0.25, 0.3) is 0 Å². The summed E-state index contributed by atoms with van der Waals surface area (Å²) in [4.78, 5) is 25.4. The van der Waals surface area contributed by atoms with E-state index in [1.54, 1.807) is 0 Å². The zero-order valence-corrected chi connectivity index (χ0v) is 14.3. The molecule has 0 bridgehead atoms. The predicted octanol–water partition coefficient (Wildman–Crippen LogP) is 3.16. The number of pyridine rings is 1. The predicted molar refractivity (Wildman–Crippen MR) is 94.2 cm³/mol. The van der Waals surface area contributed by atoms with E-state index in [2.05, 4.69) is 34.8 Å². The van der Waals surface area contributed by atoms with Crippen molar-refractivity contribution in [2.45, 2.75) is 45.2 Å². The van der Waals surface area contributed by atoms with Gasteiger partial charge in [0.05, 0.1) is 23.5 Å². The molecule has 1 amide bonds. The molecule has 1 atom stereocenters. The molecule has 0 radical (unpaired) electrons. The van der Waals surface area contributed by atoms with Crippen LogP contribution in [0.15, 0.2) is 30.6 Å². The molecule has 0 saturated carbocycles. The number of carbonyl (C=O) groups excluding carboxylic acids is 1. The average Bonchev–Trinajstić information content (AvgIpc) is 3.21. The number of aromatic amines is 1. The number of aromatic nitrogens is 2. The third kappa shape index (κ3) is 2.48. The van der Waals surface area contributed by atoms with Crippen molar-refractivity contribution >= 4 is 11.6 Å². The smallest absolute Gasteiger partial charge is 0.256 e. The summed E-state index contributed by atoms with van der Waals surface area (Å²) in [6.07, 6.45) is 6.02. The van der Waals surface area contributed by atoms with Crippen molar-refractivity contribution < 1.29 is 4.79 Å². The number of rotatable bonds is 2. The lowest BCUT2D eigenvalue weighted by Crippen LogP contribution is -2.40. The molecule has 2 aromatic heterocycles. The summed E-state index contributed by atoms with van der Waals surface area (Å²) in [5.41, 5.74) is 4.04. The van der Waals surface area contributed by atoms with Crippen molar-refractivity contribution in [3.63, 3.8) is 0 Å². The first-order valence-electron chi connectivity index (χ1n) is 8.82. The van der Waals surface area contributed by atoms with Gasteiger partial charge in [0.1, 0.15) is 0 Å². The number of amides is 1. The summed E-state index contributed by atoms with van der Waals surface area (Å²) in [6.45, 7) is 6.65. The molecular weight excluding hydrogens is 300 g/mol. The Kier molecular flexibility index (Phi) is 3.79. The molecule has 0 aromatic carbocycles. The monoisotopic (exact) mass is 324 g/mol. The lowest BCUT2D eigenvalue weighted by atomic mass is 10.0. The molecule has 4 rings (SSSR count). The van der Waals surface area contributed by atoms with E-state index >= 15 is 0 Å². The Bertz CT molecular complexity index is 751. The highest BCUT2D eigenvalue weighted by atomic mass is 16.2. The Labute approximate surface area is 142 Å². The number of hydrogen-bond donors (Lipinski definition) is 1. The first kappa shape index (κ1) is 15.2. The van der Waals surface area contributed by atoms with Gasteiger partial charge in [-0.25, -0.2) is 0 Å². The van der Waals surface area contributed by atoms with Crippen LogP contribution in [0.5, 0.6) is 0 Å². The molecule has 24 heavy (non-hydrogen) atoms. The van der Waals surface area contributed by atoms with Crippen molar-refractivity contribution in [2.75, 3.05) is 18.0 Å². The van der Waals surface area contributed by atoms with E-state index in [4.69, 9.17) is 0 Å². The second-order valence-corrected chi connectivity index (χ2v) is 7.10. The Hall–Kier alpha value is -2.30. The molecule has 2 aliphatic heterocycles. The Balaban J connectivity index is 1.69. The largest absolute Gasteiger partial charge is 0.365 e. The molecular formula is C19H24N4O. The summed E-state index contributed by atoms with van der Waals surface area (Å²) >= 11 is 0. The Morgan fingerprint density at radius 3 is 3.08 bits per heavy atom. The normalized spacial score (nSPS) is 20.0. The summed E-state index contributed by atoms with van der Waals surface area (Å²) in [5, 5.41) is 0. The summed E-state index contributed by atoms with van der Waals surface area (Å²) in [5.74, 6) is 0.421. The standard InChI is InChI=1S/C19H24N4O/c1-13(2)18-15(7-9-21-18)19(24)22-11-14-5-4-10-23(14)17-6-3-8-20-16(17)12-22/h3,6-9,13-14,21H,4-5,10-12H2,1-2H3/t14-/m0/s1. The Morgan fingerprint density at radius 2 is 2.25 bits per heavy atom. The maximum absolute atomic E-state index is 13.2. The second kappa shape index (κ2) is 5.96. The third-order valence-corrected chi connectivity index (χ3v) is 5.20. The molecule has 1 saturated heterocycles. The molecule has 4 heterocycles. The zero-order chi connectivity index (χ0) is 16.7. The molecule has 5 heteroatoms. The van der Waals surface area contributed by atoms with Crippen molar-refractivity contribution in [3.8, 4) is 0 Å². The van der Waals surface area contributed by atoms with E-state index in [1.807, 2.05) is 29.4 Å². The van der Waals surface area contributed by atoms with Crippen molar-refractivity contribution in [1.29, 1.82) is 0 Å². The van der Waals surface area contributed by atoms with E-state index in [0.717, 1.165) is 36.5 Å². The van der Waals surface area contributed by atoms with Crippen LogP contribution >= 0.6 is 0 Å². The van der Waals surface area contributed by atoms with Gasteiger partial charge >= 0.3 is 0 Å². The lowest BCUT2D eigenvalue weighted by molar-refractivity contribution is 0.0735. The molecule has 0 unspecified atom stereocenters. The van der Waals surface area contributed by atoms with Gasteiger partial charge in [0.15, 0.2) is 0 Å². The van der Waals surface area contributed by atoms with Gasteiger partial charge in [-0.05, 0) is 37.0 Å². The highest BCUT2D eigenvalue weighted by molar-refractivity contribution is 5.95. The van der Waals surface area contributed by atoms with Gasteiger partial charge in [0.2, 0.25) is 0 Å². The van der Waals surface area contributed by atoms with Crippen LogP contribution in [-0.2, 0) is 6.54 Å². The maximum Gasteiger partial charge on any atom is 0.256 e. The van der Waals surface area contributed by atoms with Crippen molar-refractivity contribution in [2.24, 2.45) is 0 Å².